The van der Waals surface area contributed by atoms with Crippen molar-refractivity contribution in [2.24, 2.45) is 5.10 Å². The first-order valence-electron chi connectivity index (χ1n) is 10.9. The average molecular weight is 453 g/mol. The summed E-state index contributed by atoms with van der Waals surface area (Å²) in [6.07, 6.45) is 3.89. The average Bonchev–Trinajstić information content (AvgIpc) is 3.15. The molecule has 0 radical (unpaired) electrons. The van der Waals surface area contributed by atoms with E-state index in [-0.39, 0.29) is 12.0 Å². The predicted molar refractivity (Wildman–Crippen MR) is 136 cm³/mol. The van der Waals surface area contributed by atoms with Gasteiger partial charge in [0.1, 0.15) is 11.9 Å². The lowest BCUT2D eigenvalue weighted by Gasteiger charge is -2.23. The molecule has 164 valence electrons. The molecule has 33 heavy (non-hydrogen) atoms. The van der Waals surface area contributed by atoms with Crippen LogP contribution in [-0.4, -0.2) is 23.5 Å². The molecule has 0 N–H and O–H groups in total. The Bertz CT molecular complexity index is 1280. The lowest BCUT2D eigenvalue weighted by molar-refractivity contribution is -0.114. The molecule has 3 aromatic rings. The van der Waals surface area contributed by atoms with E-state index in [1.165, 1.54) is 10.6 Å². The number of benzene rings is 3. The fourth-order valence-corrected chi connectivity index (χ4v) is 4.67. The van der Waals surface area contributed by atoms with E-state index in [4.69, 9.17) is 9.84 Å². The third kappa shape index (κ3) is 4.50. The summed E-state index contributed by atoms with van der Waals surface area (Å²) < 4.78 is 6.09. The zero-order valence-corrected chi connectivity index (χ0v) is 19.4. The van der Waals surface area contributed by atoms with Crippen molar-refractivity contribution < 1.29 is 9.53 Å². The van der Waals surface area contributed by atoms with E-state index in [2.05, 4.69) is 37.3 Å². The van der Waals surface area contributed by atoms with Gasteiger partial charge in [-0.3, -0.25) is 4.79 Å². The number of nitrogens with zero attached hydrogens (tertiary/aromatic N) is 2. The first kappa shape index (κ1) is 21.3. The third-order valence-electron chi connectivity index (χ3n) is 5.68. The molecule has 0 fully saturated rings. The Morgan fingerprint density at radius 1 is 1.00 bits per heavy atom. The number of anilines is 1. The quantitative estimate of drug-likeness (QED) is 0.338. The molecule has 0 bridgehead atoms. The second kappa shape index (κ2) is 9.12. The van der Waals surface area contributed by atoms with E-state index >= 15 is 0 Å². The molecule has 1 unspecified atom stereocenters. The molecule has 5 rings (SSSR count). The Morgan fingerprint density at radius 3 is 2.52 bits per heavy atom. The molecule has 3 aromatic carbocycles. The molecule has 5 heteroatoms. The van der Waals surface area contributed by atoms with Crippen molar-refractivity contribution in [1.29, 1.82) is 0 Å². The Morgan fingerprint density at radius 2 is 1.73 bits per heavy atom. The van der Waals surface area contributed by atoms with Gasteiger partial charge < -0.3 is 4.74 Å². The van der Waals surface area contributed by atoms with Crippen LogP contribution in [0.15, 0.2) is 106 Å². The molecule has 0 spiro atoms. The fourth-order valence-electron chi connectivity index (χ4n) is 3.83. The molecule has 0 aromatic heterocycles. The third-order valence-corrected chi connectivity index (χ3v) is 6.70. The summed E-state index contributed by atoms with van der Waals surface area (Å²) in [6, 6.07) is 25.9. The number of hydrogen-bond donors (Lipinski definition) is 0. The summed E-state index contributed by atoms with van der Waals surface area (Å²) >= 11 is 1.68. The summed E-state index contributed by atoms with van der Waals surface area (Å²) in [6.45, 7) is 4.08. The maximum Gasteiger partial charge on any atom is 0.280 e. The Balaban J connectivity index is 1.49. The molecule has 0 aliphatic carbocycles. The number of carbonyl (C=O) groups is 1. The maximum absolute atomic E-state index is 13.5. The zero-order valence-electron chi connectivity index (χ0n) is 18.6. The van der Waals surface area contributed by atoms with Gasteiger partial charge in [0.05, 0.1) is 17.0 Å². The minimum Gasteiger partial charge on any atom is -0.485 e. The highest BCUT2D eigenvalue weighted by Gasteiger charge is 2.32. The van der Waals surface area contributed by atoms with Crippen LogP contribution >= 0.6 is 11.8 Å². The van der Waals surface area contributed by atoms with Crippen molar-refractivity contribution in [2.75, 3.05) is 10.8 Å². The van der Waals surface area contributed by atoms with Gasteiger partial charge in [-0.1, -0.05) is 54.1 Å². The summed E-state index contributed by atoms with van der Waals surface area (Å²) in [7, 11) is 0. The molecule has 1 atom stereocenters. The lowest BCUT2D eigenvalue weighted by Crippen LogP contribution is -2.23. The number of ether oxygens (including phenoxy) is 1. The minimum absolute atomic E-state index is 0.118. The summed E-state index contributed by atoms with van der Waals surface area (Å²) in [5, 5.41) is 6.23. The maximum atomic E-state index is 13.5. The number of fused-ring (bicyclic) bond motifs is 1. The topological polar surface area (TPSA) is 41.9 Å². The van der Waals surface area contributed by atoms with Crippen LogP contribution in [0, 0.1) is 6.92 Å². The molecule has 1 amide bonds. The Hall–Kier alpha value is -3.57. The molecule has 2 aliphatic heterocycles. The van der Waals surface area contributed by atoms with Crippen LogP contribution in [0.3, 0.4) is 0 Å². The summed E-state index contributed by atoms with van der Waals surface area (Å²) in [5.74, 6) is 1.34. The van der Waals surface area contributed by atoms with Crippen molar-refractivity contribution in [3.05, 3.63) is 107 Å². The second-order valence-corrected chi connectivity index (χ2v) is 9.15. The van der Waals surface area contributed by atoms with Gasteiger partial charge in [0.2, 0.25) is 0 Å². The molecular formula is C28H24N2O2S. The second-order valence-electron chi connectivity index (χ2n) is 8.10. The molecule has 2 aliphatic rings. The van der Waals surface area contributed by atoms with Gasteiger partial charge in [-0.25, -0.2) is 0 Å². The highest BCUT2D eigenvalue weighted by atomic mass is 32.2. The number of rotatable bonds is 5. The molecule has 0 saturated heterocycles. The monoisotopic (exact) mass is 452 g/mol. The number of hydrazone groups is 1. The van der Waals surface area contributed by atoms with Gasteiger partial charge in [-0.15, -0.1) is 11.8 Å². The zero-order chi connectivity index (χ0) is 22.8. The molecule has 2 heterocycles. The van der Waals surface area contributed by atoms with Gasteiger partial charge in [0.25, 0.3) is 5.91 Å². The van der Waals surface area contributed by atoms with Crippen molar-refractivity contribution in [1.82, 2.24) is 0 Å². The summed E-state index contributed by atoms with van der Waals surface area (Å²) in [5.41, 5.74) is 5.33. The molecular weight excluding hydrogens is 428 g/mol. The number of amides is 1. The smallest absolute Gasteiger partial charge is 0.280 e. The number of aryl methyl sites for hydroxylation is 1. The van der Waals surface area contributed by atoms with Gasteiger partial charge in [-0.2, -0.15) is 10.1 Å². The van der Waals surface area contributed by atoms with Gasteiger partial charge in [0.15, 0.2) is 0 Å². The first-order valence-corrected chi connectivity index (χ1v) is 11.9. The van der Waals surface area contributed by atoms with Crippen molar-refractivity contribution in [3.8, 4) is 5.75 Å². The fraction of sp³-hybridized carbons (Fsp3) is 0.143. The number of hydrogen-bond acceptors (Lipinski definition) is 4. The number of carbonyl (C=O) groups excluding carboxylic acids is 1. The molecule has 4 nitrogen and oxygen atoms in total. The Kier molecular flexibility index (Phi) is 5.88. The van der Waals surface area contributed by atoms with Gasteiger partial charge in [-0.05, 0) is 61.9 Å². The minimum atomic E-state index is -0.156. The lowest BCUT2D eigenvalue weighted by atomic mass is 9.99. The van der Waals surface area contributed by atoms with E-state index in [1.54, 1.807) is 11.8 Å². The largest absolute Gasteiger partial charge is 0.485 e. The predicted octanol–water partition coefficient (Wildman–Crippen LogP) is 6.28. The van der Waals surface area contributed by atoms with E-state index in [1.807, 2.05) is 67.6 Å². The number of para-hydroxylation sites is 2. The highest BCUT2D eigenvalue weighted by molar-refractivity contribution is 8.00. The SMILES string of the molecule is Cc1ccc(SCC2=NN(c3ccccc3)C(=O)/C2=C\C2=Cc3ccccc3OC2C)cc1. The first-order chi connectivity index (χ1) is 16.1. The van der Waals surface area contributed by atoms with E-state index in [0.717, 1.165) is 33.2 Å². The van der Waals surface area contributed by atoms with Crippen molar-refractivity contribution >= 4 is 35.1 Å². The molecule has 0 saturated carbocycles. The van der Waals surface area contributed by atoms with Gasteiger partial charge in [0, 0.05) is 16.2 Å². The van der Waals surface area contributed by atoms with Crippen LogP contribution in [0.1, 0.15) is 18.1 Å². The van der Waals surface area contributed by atoms with Crippen LogP contribution < -0.4 is 9.75 Å². The Labute approximate surface area is 198 Å². The van der Waals surface area contributed by atoms with E-state index < -0.39 is 0 Å². The van der Waals surface area contributed by atoms with E-state index in [0.29, 0.717) is 11.3 Å². The van der Waals surface area contributed by atoms with E-state index in [9.17, 15) is 4.79 Å². The standard InChI is InChI=1S/C28H24N2O2S/c1-19-12-14-24(15-13-19)33-18-26-25(28(31)30(29-26)23-9-4-3-5-10-23)17-22-16-21-8-6-7-11-27(21)32-20(22)2/h3-17,20H,18H2,1-2H3/b25-17-. The van der Waals surface area contributed by atoms with Crippen LogP contribution in [0.2, 0.25) is 0 Å². The van der Waals surface area contributed by atoms with Crippen molar-refractivity contribution in [3.63, 3.8) is 0 Å². The van der Waals surface area contributed by atoms with Crippen LogP contribution in [0.4, 0.5) is 5.69 Å². The number of thioether (sulfide) groups is 1. The summed E-state index contributed by atoms with van der Waals surface area (Å²) in [4.78, 5) is 14.6. The van der Waals surface area contributed by atoms with Crippen LogP contribution in [0.5, 0.6) is 5.75 Å². The van der Waals surface area contributed by atoms with Crippen LogP contribution in [-0.2, 0) is 4.79 Å². The van der Waals surface area contributed by atoms with Crippen molar-refractivity contribution in [2.45, 2.75) is 24.8 Å². The normalized spacial score (nSPS) is 18.6. The van der Waals surface area contributed by atoms with Crippen LogP contribution in [0.25, 0.3) is 6.08 Å². The van der Waals surface area contributed by atoms with Gasteiger partial charge >= 0.3 is 0 Å². The highest BCUT2D eigenvalue weighted by Crippen LogP contribution is 2.33.